The molecule has 0 aromatic heterocycles. The van der Waals surface area contributed by atoms with Crippen LogP contribution in [-0.4, -0.2) is 40.1 Å². The zero-order chi connectivity index (χ0) is 18.1. The van der Waals surface area contributed by atoms with E-state index < -0.39 is 49.9 Å². The number of anilines is 2. The molecule has 1 saturated heterocycles. The second kappa shape index (κ2) is 6.43. The van der Waals surface area contributed by atoms with E-state index in [0.717, 1.165) is 12.1 Å². The van der Waals surface area contributed by atoms with Crippen LogP contribution in [0.15, 0.2) is 12.1 Å². The Bertz CT molecular complexity index is 846. The van der Waals surface area contributed by atoms with E-state index in [2.05, 4.69) is 4.72 Å². The van der Waals surface area contributed by atoms with Crippen LogP contribution in [-0.2, 0) is 25.0 Å². The number of benzene rings is 1. The maximum atomic E-state index is 14.2. The Labute approximate surface area is 138 Å². The number of phenols is 1. The van der Waals surface area contributed by atoms with Gasteiger partial charge in [0.25, 0.3) is 5.91 Å². The Balaban J connectivity index is 2.35. The maximum absolute atomic E-state index is 14.2. The predicted molar refractivity (Wildman–Crippen MR) is 84.8 cm³/mol. The zero-order valence-corrected chi connectivity index (χ0v) is 14.2. The van der Waals surface area contributed by atoms with E-state index in [1.165, 1.54) is 0 Å². The highest BCUT2D eigenvalue weighted by atomic mass is 32.2. The summed E-state index contributed by atoms with van der Waals surface area (Å²) in [4.78, 5) is 11.2. The molecule has 24 heavy (non-hydrogen) atoms. The van der Waals surface area contributed by atoms with Crippen molar-refractivity contribution < 1.29 is 31.1 Å². The van der Waals surface area contributed by atoms with E-state index in [1.807, 2.05) is 6.92 Å². The molecule has 134 valence electrons. The first-order valence-electron chi connectivity index (χ1n) is 6.92. The van der Waals surface area contributed by atoms with Gasteiger partial charge in [-0.25, -0.2) is 21.8 Å². The van der Waals surface area contributed by atoms with Gasteiger partial charge in [0.1, 0.15) is 18.0 Å². The topological polar surface area (TPSA) is 133 Å². The average Bonchev–Trinajstić information content (AvgIpc) is 2.68. The highest BCUT2D eigenvalue weighted by molar-refractivity contribution is 7.92. The number of phenolic OH excluding ortho intramolecular Hbond substituents is 1. The minimum Gasteiger partial charge on any atom is -0.506 e. The third kappa shape index (κ3) is 3.87. The molecule has 9 nitrogen and oxygen atoms in total. The van der Waals surface area contributed by atoms with Crippen molar-refractivity contribution in [3.05, 3.63) is 17.9 Å². The van der Waals surface area contributed by atoms with Crippen molar-refractivity contribution in [1.82, 2.24) is 4.72 Å². The van der Waals surface area contributed by atoms with Gasteiger partial charge >= 0.3 is 10.2 Å². The van der Waals surface area contributed by atoms with Crippen molar-refractivity contribution in [3.8, 4) is 5.75 Å². The van der Waals surface area contributed by atoms with Gasteiger partial charge in [0.05, 0.1) is 11.4 Å². The Morgan fingerprint density at radius 1 is 1.42 bits per heavy atom. The summed E-state index contributed by atoms with van der Waals surface area (Å²) >= 11 is 0. The van der Waals surface area contributed by atoms with Crippen LogP contribution in [0.2, 0.25) is 0 Å². The van der Waals surface area contributed by atoms with E-state index in [1.54, 1.807) is 4.72 Å². The molecule has 0 radical (unpaired) electrons. The molecule has 3 N–H and O–H groups in total. The van der Waals surface area contributed by atoms with Crippen LogP contribution in [0.4, 0.5) is 15.8 Å². The van der Waals surface area contributed by atoms with E-state index in [9.17, 15) is 31.1 Å². The number of rotatable bonds is 6. The van der Waals surface area contributed by atoms with Crippen LogP contribution in [0.3, 0.4) is 0 Å². The van der Waals surface area contributed by atoms with Gasteiger partial charge in [-0.3, -0.25) is 9.52 Å². The SMILES string of the molecule is CCCCS(=O)(=O)Nc1cc(O)c(N2CC(=O)NS2(=O)=O)c(F)c1. The predicted octanol–water partition coefficient (Wildman–Crippen LogP) is 0.254. The summed E-state index contributed by atoms with van der Waals surface area (Å²) in [7, 11) is -8.02. The highest BCUT2D eigenvalue weighted by Crippen LogP contribution is 2.36. The van der Waals surface area contributed by atoms with Crippen LogP contribution < -0.4 is 13.7 Å². The number of nitrogens with one attached hydrogen (secondary N) is 2. The lowest BCUT2D eigenvalue weighted by Crippen LogP contribution is -2.30. The lowest BCUT2D eigenvalue weighted by atomic mass is 10.2. The average molecular weight is 381 g/mol. The van der Waals surface area contributed by atoms with Crippen molar-refractivity contribution in [2.24, 2.45) is 0 Å². The molecule has 1 heterocycles. The molecule has 1 amide bonds. The summed E-state index contributed by atoms with van der Waals surface area (Å²) in [5.41, 5.74) is -0.981. The molecule has 2 rings (SSSR count). The molecular formula is C12H16FN3O6S2. The second-order valence-corrected chi connectivity index (χ2v) is 8.57. The number of halogens is 1. The lowest BCUT2D eigenvalue weighted by Gasteiger charge is -2.18. The molecule has 12 heteroatoms. The molecule has 1 aliphatic rings. The van der Waals surface area contributed by atoms with Gasteiger partial charge in [0, 0.05) is 12.1 Å². The Kier molecular flexibility index (Phi) is 4.90. The lowest BCUT2D eigenvalue weighted by molar-refractivity contribution is -0.117. The number of nitrogens with zero attached hydrogens (tertiary/aromatic N) is 1. The zero-order valence-electron chi connectivity index (χ0n) is 12.6. The van der Waals surface area contributed by atoms with Crippen molar-refractivity contribution in [2.75, 3.05) is 21.3 Å². The largest absolute Gasteiger partial charge is 0.506 e. The number of aromatic hydroxyl groups is 1. The number of hydrogen-bond acceptors (Lipinski definition) is 6. The Morgan fingerprint density at radius 2 is 2.08 bits per heavy atom. The number of sulfonamides is 1. The molecule has 1 aromatic carbocycles. The summed E-state index contributed by atoms with van der Waals surface area (Å²) in [5, 5.41) is 9.90. The van der Waals surface area contributed by atoms with Crippen molar-refractivity contribution >= 4 is 37.5 Å². The molecule has 0 unspecified atom stereocenters. The molecule has 0 bridgehead atoms. The fraction of sp³-hybridized carbons (Fsp3) is 0.417. The molecule has 1 aromatic rings. The van der Waals surface area contributed by atoms with Gasteiger partial charge in [0.15, 0.2) is 5.82 Å². The van der Waals surface area contributed by atoms with Crippen LogP contribution in [0, 0.1) is 5.82 Å². The first kappa shape index (κ1) is 18.3. The van der Waals surface area contributed by atoms with Gasteiger partial charge in [-0.1, -0.05) is 13.3 Å². The molecule has 0 atom stereocenters. The molecule has 0 aliphatic carbocycles. The summed E-state index contributed by atoms with van der Waals surface area (Å²) < 4.78 is 65.3. The van der Waals surface area contributed by atoms with E-state index in [-0.39, 0.29) is 11.4 Å². The molecule has 0 spiro atoms. The molecule has 0 saturated carbocycles. The van der Waals surface area contributed by atoms with E-state index in [0.29, 0.717) is 17.1 Å². The summed E-state index contributed by atoms with van der Waals surface area (Å²) in [6.45, 7) is 1.12. The monoisotopic (exact) mass is 381 g/mol. The fourth-order valence-corrected chi connectivity index (χ4v) is 4.52. The number of unbranched alkanes of at least 4 members (excludes halogenated alkanes) is 1. The minimum atomic E-state index is -4.30. The third-order valence-corrected chi connectivity index (χ3v) is 5.90. The number of carbonyl (C=O) groups is 1. The number of amides is 1. The quantitative estimate of drug-likeness (QED) is 0.647. The summed E-state index contributed by atoms with van der Waals surface area (Å²) in [6, 6.07) is 1.61. The highest BCUT2D eigenvalue weighted by Gasteiger charge is 2.37. The summed E-state index contributed by atoms with van der Waals surface area (Å²) in [6.07, 6.45) is 1.05. The van der Waals surface area contributed by atoms with Gasteiger partial charge in [-0.15, -0.1) is 0 Å². The second-order valence-electron chi connectivity index (χ2n) is 5.14. The van der Waals surface area contributed by atoms with Gasteiger partial charge in [-0.05, 0) is 6.42 Å². The van der Waals surface area contributed by atoms with E-state index >= 15 is 0 Å². The minimum absolute atomic E-state index is 0.174. The van der Waals surface area contributed by atoms with Crippen molar-refractivity contribution in [1.29, 1.82) is 0 Å². The smallest absolute Gasteiger partial charge is 0.326 e. The molecule has 1 fully saturated rings. The van der Waals surface area contributed by atoms with Crippen LogP contribution in [0.1, 0.15) is 19.8 Å². The third-order valence-electron chi connectivity index (χ3n) is 3.15. The summed E-state index contributed by atoms with van der Waals surface area (Å²) in [5.74, 6) is -3.06. The van der Waals surface area contributed by atoms with Gasteiger partial charge < -0.3 is 5.11 Å². The maximum Gasteiger partial charge on any atom is 0.326 e. The number of carbonyl (C=O) groups excluding carboxylic acids is 1. The van der Waals surface area contributed by atoms with Crippen LogP contribution in [0.5, 0.6) is 5.75 Å². The van der Waals surface area contributed by atoms with Crippen LogP contribution in [0.25, 0.3) is 0 Å². The Morgan fingerprint density at radius 3 is 2.58 bits per heavy atom. The van der Waals surface area contributed by atoms with E-state index in [4.69, 9.17) is 0 Å². The first-order chi connectivity index (χ1) is 11.1. The van der Waals surface area contributed by atoms with Crippen LogP contribution >= 0.6 is 0 Å². The Hall–Kier alpha value is -2.08. The number of hydrogen-bond donors (Lipinski definition) is 3. The fourth-order valence-electron chi connectivity index (χ4n) is 2.10. The van der Waals surface area contributed by atoms with Gasteiger partial charge in [-0.2, -0.15) is 8.42 Å². The van der Waals surface area contributed by atoms with Crippen molar-refractivity contribution in [3.63, 3.8) is 0 Å². The normalized spacial score (nSPS) is 16.9. The van der Waals surface area contributed by atoms with Gasteiger partial charge in [0.2, 0.25) is 10.0 Å². The van der Waals surface area contributed by atoms with Crippen molar-refractivity contribution in [2.45, 2.75) is 19.8 Å². The molecule has 1 aliphatic heterocycles. The standard InChI is InChI=1S/C12H16FN3O6S2/c1-2-3-4-23(19,20)14-8-5-9(13)12(10(17)6-8)16-7-11(18)15-24(16,21)22/h5-6,14,17H,2-4,7H2,1H3,(H,15,18). The first-order valence-corrected chi connectivity index (χ1v) is 10.0. The molecular weight excluding hydrogens is 365 g/mol.